The van der Waals surface area contributed by atoms with Crippen molar-refractivity contribution in [2.45, 2.75) is 25.8 Å². The number of fused-ring (bicyclic) bond motifs is 1. The van der Waals surface area contributed by atoms with Gasteiger partial charge in [-0.15, -0.1) is 0 Å². The molecule has 0 atom stereocenters. The fourth-order valence-corrected chi connectivity index (χ4v) is 3.98. The van der Waals surface area contributed by atoms with Gasteiger partial charge in [-0.05, 0) is 43.0 Å². The molecule has 1 fully saturated rings. The highest BCUT2D eigenvalue weighted by Crippen LogP contribution is 2.26. The fraction of sp³-hybridized carbons (Fsp3) is 0.348. The molecule has 30 heavy (non-hydrogen) atoms. The number of carbonyl (C=O) groups is 1. The third-order valence-electron chi connectivity index (χ3n) is 5.42. The van der Waals surface area contributed by atoms with Crippen LogP contribution < -0.4 is 10.2 Å². The summed E-state index contributed by atoms with van der Waals surface area (Å²) in [5, 5.41) is 4.85. The lowest BCUT2D eigenvalue weighted by Crippen LogP contribution is -2.35. The Hall–Kier alpha value is -2.86. The number of benzene rings is 1. The second-order valence-electron chi connectivity index (χ2n) is 7.81. The zero-order valence-electron chi connectivity index (χ0n) is 17.4. The van der Waals surface area contributed by atoms with E-state index in [1.807, 2.05) is 42.1 Å². The van der Waals surface area contributed by atoms with Gasteiger partial charge in [0.1, 0.15) is 11.6 Å². The van der Waals surface area contributed by atoms with Crippen LogP contribution in [-0.2, 0) is 6.54 Å². The number of para-hydroxylation sites is 1. The van der Waals surface area contributed by atoms with Crippen LogP contribution in [0.1, 0.15) is 35.2 Å². The summed E-state index contributed by atoms with van der Waals surface area (Å²) in [6.45, 7) is 2.16. The normalized spacial score (nSPS) is 14.0. The largest absolute Gasteiger partial charge is 0.365 e. The van der Waals surface area contributed by atoms with Crippen LogP contribution >= 0.6 is 11.6 Å². The molecule has 1 aromatic carbocycles. The summed E-state index contributed by atoms with van der Waals surface area (Å²) < 4.78 is 0. The van der Waals surface area contributed by atoms with Gasteiger partial charge in [-0.3, -0.25) is 4.79 Å². The molecular weight excluding hydrogens is 398 g/mol. The van der Waals surface area contributed by atoms with Crippen molar-refractivity contribution in [2.75, 3.05) is 37.4 Å². The molecular formula is C23H26ClN5O. The van der Waals surface area contributed by atoms with Crippen molar-refractivity contribution in [3.63, 3.8) is 0 Å². The lowest BCUT2D eigenvalue weighted by Gasteiger charge is -2.26. The number of piperidine rings is 1. The molecule has 0 saturated carbocycles. The van der Waals surface area contributed by atoms with E-state index < -0.39 is 0 Å². The van der Waals surface area contributed by atoms with Crippen LogP contribution in [0.2, 0.25) is 5.02 Å². The van der Waals surface area contributed by atoms with E-state index in [0.717, 1.165) is 48.2 Å². The molecule has 1 aliphatic rings. The monoisotopic (exact) mass is 423 g/mol. The molecule has 156 valence electrons. The second kappa shape index (κ2) is 8.88. The summed E-state index contributed by atoms with van der Waals surface area (Å²) in [5.74, 6) is 1.47. The molecule has 1 N–H and O–H groups in total. The van der Waals surface area contributed by atoms with Gasteiger partial charge in [-0.2, -0.15) is 0 Å². The first-order chi connectivity index (χ1) is 14.5. The number of rotatable bonds is 5. The number of anilines is 2. The number of hydrogen-bond acceptors (Lipinski definition) is 5. The van der Waals surface area contributed by atoms with Gasteiger partial charge < -0.3 is 15.1 Å². The summed E-state index contributed by atoms with van der Waals surface area (Å²) in [6, 6.07) is 11.9. The number of aromatic nitrogens is 2. The van der Waals surface area contributed by atoms with Crippen LogP contribution in [0.15, 0.2) is 42.6 Å². The SMILES string of the molecule is CN(C)c1cc(CNc2ncc(C(=O)N3CCCCC3)cc2Cl)c2ccccc2n1. The van der Waals surface area contributed by atoms with Crippen LogP contribution in [0, 0.1) is 0 Å². The first-order valence-corrected chi connectivity index (χ1v) is 10.7. The molecule has 2 aromatic heterocycles. The zero-order chi connectivity index (χ0) is 21.1. The molecule has 0 unspecified atom stereocenters. The molecule has 7 heteroatoms. The average molecular weight is 424 g/mol. The van der Waals surface area contributed by atoms with Gasteiger partial charge in [-0.1, -0.05) is 29.8 Å². The molecule has 3 heterocycles. The molecule has 3 aromatic rings. The molecule has 6 nitrogen and oxygen atoms in total. The van der Waals surface area contributed by atoms with Gasteiger partial charge in [0.15, 0.2) is 0 Å². The van der Waals surface area contributed by atoms with Crippen molar-refractivity contribution < 1.29 is 4.79 Å². The second-order valence-corrected chi connectivity index (χ2v) is 8.22. The van der Waals surface area contributed by atoms with E-state index in [-0.39, 0.29) is 5.91 Å². The third kappa shape index (κ3) is 4.33. The van der Waals surface area contributed by atoms with E-state index in [4.69, 9.17) is 16.6 Å². The lowest BCUT2D eigenvalue weighted by atomic mass is 10.1. The van der Waals surface area contributed by atoms with Crippen molar-refractivity contribution >= 4 is 40.0 Å². The number of hydrogen-bond donors (Lipinski definition) is 1. The number of nitrogens with zero attached hydrogens (tertiary/aromatic N) is 4. The van der Waals surface area contributed by atoms with Gasteiger partial charge in [0, 0.05) is 45.3 Å². The van der Waals surface area contributed by atoms with E-state index in [1.54, 1.807) is 12.3 Å². The van der Waals surface area contributed by atoms with Crippen LogP contribution in [-0.4, -0.2) is 48.0 Å². The van der Waals surface area contributed by atoms with Crippen LogP contribution in [0.25, 0.3) is 10.9 Å². The minimum atomic E-state index is 0.00593. The Balaban J connectivity index is 1.53. The van der Waals surface area contributed by atoms with Crippen LogP contribution in [0.3, 0.4) is 0 Å². The van der Waals surface area contributed by atoms with Gasteiger partial charge >= 0.3 is 0 Å². The average Bonchev–Trinajstić information content (AvgIpc) is 2.78. The Kier molecular flexibility index (Phi) is 6.04. The number of likely N-dealkylation sites (tertiary alicyclic amines) is 1. The van der Waals surface area contributed by atoms with E-state index in [9.17, 15) is 4.79 Å². The molecule has 4 rings (SSSR count). The first kappa shape index (κ1) is 20.4. The highest BCUT2D eigenvalue weighted by Gasteiger charge is 2.19. The quantitative estimate of drug-likeness (QED) is 0.650. The topological polar surface area (TPSA) is 61.4 Å². The fourth-order valence-electron chi connectivity index (χ4n) is 3.75. The minimum absolute atomic E-state index is 0.00593. The zero-order valence-corrected chi connectivity index (χ0v) is 18.1. The number of pyridine rings is 2. The highest BCUT2D eigenvalue weighted by atomic mass is 35.5. The minimum Gasteiger partial charge on any atom is -0.365 e. The Bertz CT molecular complexity index is 1060. The summed E-state index contributed by atoms with van der Waals surface area (Å²) >= 11 is 6.46. The van der Waals surface area contributed by atoms with Crippen LogP contribution in [0.5, 0.6) is 0 Å². The Labute approximate surface area is 181 Å². The van der Waals surface area contributed by atoms with Crippen molar-refractivity contribution in [3.8, 4) is 0 Å². The predicted octanol–water partition coefficient (Wildman–Crippen LogP) is 4.59. The van der Waals surface area contributed by atoms with Crippen molar-refractivity contribution in [2.24, 2.45) is 0 Å². The van der Waals surface area contributed by atoms with Crippen molar-refractivity contribution in [1.29, 1.82) is 0 Å². The van der Waals surface area contributed by atoms with Gasteiger partial charge in [-0.25, -0.2) is 9.97 Å². The van der Waals surface area contributed by atoms with Crippen molar-refractivity contribution in [1.82, 2.24) is 14.9 Å². The highest BCUT2D eigenvalue weighted by molar-refractivity contribution is 6.33. The Morgan fingerprint density at radius 1 is 1.17 bits per heavy atom. The smallest absolute Gasteiger partial charge is 0.255 e. The third-order valence-corrected chi connectivity index (χ3v) is 5.71. The number of nitrogens with one attached hydrogen (secondary N) is 1. The van der Waals surface area contributed by atoms with Gasteiger partial charge in [0.05, 0.1) is 16.1 Å². The molecule has 0 radical (unpaired) electrons. The summed E-state index contributed by atoms with van der Waals surface area (Å²) in [5.41, 5.74) is 2.59. The molecule has 1 aliphatic heterocycles. The maximum atomic E-state index is 12.7. The molecule has 0 aliphatic carbocycles. The Morgan fingerprint density at radius 3 is 2.67 bits per heavy atom. The van der Waals surface area contributed by atoms with Crippen LogP contribution in [0.4, 0.5) is 11.6 Å². The Morgan fingerprint density at radius 2 is 1.93 bits per heavy atom. The number of amides is 1. The lowest BCUT2D eigenvalue weighted by molar-refractivity contribution is 0.0724. The predicted molar refractivity (Wildman–Crippen MR) is 122 cm³/mol. The molecule has 0 spiro atoms. The van der Waals surface area contributed by atoms with E-state index in [2.05, 4.69) is 22.4 Å². The molecule has 1 saturated heterocycles. The van der Waals surface area contributed by atoms with E-state index in [1.165, 1.54) is 6.42 Å². The maximum Gasteiger partial charge on any atom is 0.255 e. The number of halogens is 1. The maximum absolute atomic E-state index is 12.7. The molecule has 0 bridgehead atoms. The van der Waals surface area contributed by atoms with E-state index >= 15 is 0 Å². The summed E-state index contributed by atoms with van der Waals surface area (Å²) in [4.78, 5) is 25.7. The molecule has 1 amide bonds. The summed E-state index contributed by atoms with van der Waals surface area (Å²) in [6.07, 6.45) is 4.91. The standard InChI is InChI=1S/C23H26ClN5O/c1-28(2)21-13-16(18-8-4-5-9-20(18)27-21)14-25-22-19(24)12-17(15-26-22)23(30)29-10-6-3-7-11-29/h4-5,8-9,12-13,15H,3,6-7,10-11,14H2,1-2H3,(H,25,26). The van der Waals surface area contributed by atoms with Gasteiger partial charge in [0.2, 0.25) is 0 Å². The van der Waals surface area contributed by atoms with Gasteiger partial charge in [0.25, 0.3) is 5.91 Å². The van der Waals surface area contributed by atoms with E-state index in [0.29, 0.717) is 22.9 Å². The summed E-state index contributed by atoms with van der Waals surface area (Å²) in [7, 11) is 3.95. The van der Waals surface area contributed by atoms with Crippen molar-refractivity contribution in [3.05, 3.63) is 58.7 Å². The first-order valence-electron chi connectivity index (χ1n) is 10.3. The number of carbonyl (C=O) groups excluding carboxylic acids is 1.